The standard InChI is InChI=1S/C33H48O5/c1-22(8-7-17-34)25-11-12-26-29-27(13-14-32(25,26)3)31(2)15-16-33(36-18-19-37-33)21-24(31)20-28(29)38-30(35)23-9-5-4-6-10-23/h4-6,9-10,22,24-29,34H,7-8,11-21H2,1-3H3/t22-,24+,25-,26?,27?,28-,29?,31+,32-/m1/s1. The maximum absolute atomic E-state index is 13.4. The number of hydrogen-bond donors (Lipinski definition) is 1. The van der Waals surface area contributed by atoms with Gasteiger partial charge in [0.15, 0.2) is 5.79 Å². The largest absolute Gasteiger partial charge is 0.458 e. The van der Waals surface area contributed by atoms with Gasteiger partial charge >= 0.3 is 5.97 Å². The molecule has 0 amide bonds. The van der Waals surface area contributed by atoms with Crippen molar-refractivity contribution in [2.24, 2.45) is 46.3 Å². The van der Waals surface area contributed by atoms with Gasteiger partial charge in [0.25, 0.3) is 0 Å². The van der Waals surface area contributed by atoms with Gasteiger partial charge in [-0.1, -0.05) is 39.0 Å². The summed E-state index contributed by atoms with van der Waals surface area (Å²) in [6.45, 7) is 9.19. The summed E-state index contributed by atoms with van der Waals surface area (Å²) in [5, 5.41) is 9.47. The highest BCUT2D eigenvalue weighted by atomic mass is 16.7. The minimum atomic E-state index is -0.422. The first-order valence-electron chi connectivity index (χ1n) is 15.4. The Hall–Kier alpha value is -1.43. The van der Waals surface area contributed by atoms with Crippen LogP contribution in [0.2, 0.25) is 0 Å². The van der Waals surface area contributed by atoms with Crippen LogP contribution >= 0.6 is 0 Å². The van der Waals surface area contributed by atoms with Crippen molar-refractivity contribution in [1.82, 2.24) is 0 Å². The van der Waals surface area contributed by atoms with Crippen LogP contribution in [0.15, 0.2) is 30.3 Å². The van der Waals surface area contributed by atoms with Gasteiger partial charge in [-0.25, -0.2) is 4.79 Å². The first-order valence-corrected chi connectivity index (χ1v) is 15.4. The van der Waals surface area contributed by atoms with Crippen LogP contribution in [0, 0.1) is 46.3 Å². The Kier molecular flexibility index (Phi) is 7.18. The Morgan fingerprint density at radius 1 is 1.03 bits per heavy atom. The lowest BCUT2D eigenvalue weighted by Gasteiger charge is -2.63. The molecule has 9 atom stereocenters. The highest BCUT2D eigenvalue weighted by Crippen LogP contribution is 2.69. The fourth-order valence-corrected chi connectivity index (χ4v) is 10.4. The number of carbonyl (C=O) groups is 1. The van der Waals surface area contributed by atoms with Gasteiger partial charge in [-0.2, -0.15) is 0 Å². The molecule has 4 saturated carbocycles. The summed E-state index contributed by atoms with van der Waals surface area (Å²) in [6, 6.07) is 9.54. The monoisotopic (exact) mass is 524 g/mol. The first-order chi connectivity index (χ1) is 18.3. The molecule has 0 radical (unpaired) electrons. The Morgan fingerprint density at radius 2 is 1.76 bits per heavy atom. The van der Waals surface area contributed by atoms with Crippen LogP contribution in [0.4, 0.5) is 0 Å². The average Bonchev–Trinajstić information content (AvgIpc) is 3.52. The molecule has 1 spiro atoms. The summed E-state index contributed by atoms with van der Waals surface area (Å²) in [6.07, 6.45) is 10.9. The molecular weight excluding hydrogens is 476 g/mol. The predicted octanol–water partition coefficient (Wildman–Crippen LogP) is 6.63. The topological polar surface area (TPSA) is 65.0 Å². The maximum atomic E-state index is 13.4. The number of carbonyl (C=O) groups excluding carboxylic acids is 1. The molecule has 5 heteroatoms. The van der Waals surface area contributed by atoms with Crippen LogP contribution in [-0.2, 0) is 14.2 Å². The van der Waals surface area contributed by atoms with E-state index in [1.165, 1.54) is 25.7 Å². The van der Waals surface area contributed by atoms with E-state index in [9.17, 15) is 9.90 Å². The van der Waals surface area contributed by atoms with Gasteiger partial charge < -0.3 is 19.3 Å². The lowest BCUT2D eigenvalue weighted by atomic mass is 9.43. The molecule has 1 aromatic carbocycles. The van der Waals surface area contributed by atoms with E-state index < -0.39 is 5.79 Å². The predicted molar refractivity (Wildman–Crippen MR) is 146 cm³/mol. The molecular formula is C33H48O5. The van der Waals surface area contributed by atoms with Gasteiger partial charge in [0, 0.05) is 25.4 Å². The van der Waals surface area contributed by atoms with E-state index in [2.05, 4.69) is 20.8 Å². The quantitative estimate of drug-likeness (QED) is 0.423. The van der Waals surface area contributed by atoms with Crippen molar-refractivity contribution in [3.63, 3.8) is 0 Å². The van der Waals surface area contributed by atoms with Gasteiger partial charge in [-0.3, -0.25) is 0 Å². The smallest absolute Gasteiger partial charge is 0.338 e. The lowest BCUT2D eigenvalue weighted by molar-refractivity contribution is -0.242. The third-order valence-corrected chi connectivity index (χ3v) is 12.3. The van der Waals surface area contributed by atoms with Gasteiger partial charge in [-0.05, 0) is 104 Å². The van der Waals surface area contributed by atoms with Crippen LogP contribution in [0.5, 0.6) is 0 Å². The molecule has 0 aromatic heterocycles. The van der Waals surface area contributed by atoms with E-state index in [1.807, 2.05) is 30.3 Å². The third kappa shape index (κ3) is 4.36. The van der Waals surface area contributed by atoms with Crippen molar-refractivity contribution in [2.75, 3.05) is 19.8 Å². The molecule has 5 aliphatic rings. The minimum Gasteiger partial charge on any atom is -0.458 e. The molecule has 1 N–H and O–H groups in total. The van der Waals surface area contributed by atoms with E-state index in [0.717, 1.165) is 38.5 Å². The Labute approximate surface area is 229 Å². The molecule has 1 heterocycles. The molecule has 4 aliphatic carbocycles. The van der Waals surface area contributed by atoms with Crippen LogP contribution in [0.3, 0.4) is 0 Å². The zero-order chi connectivity index (χ0) is 26.5. The number of esters is 1. The number of hydrogen-bond acceptors (Lipinski definition) is 5. The molecule has 210 valence electrons. The van der Waals surface area contributed by atoms with Crippen molar-refractivity contribution >= 4 is 5.97 Å². The first kappa shape index (κ1) is 26.8. The molecule has 5 nitrogen and oxygen atoms in total. The van der Waals surface area contributed by atoms with Crippen molar-refractivity contribution in [3.8, 4) is 0 Å². The second-order valence-corrected chi connectivity index (χ2v) is 13.9. The van der Waals surface area contributed by atoms with Gasteiger partial charge in [-0.15, -0.1) is 0 Å². The fraction of sp³-hybridized carbons (Fsp3) is 0.788. The minimum absolute atomic E-state index is 0.0570. The second kappa shape index (κ2) is 10.2. The number of fused-ring (bicyclic) bond motifs is 5. The third-order valence-electron chi connectivity index (χ3n) is 12.3. The zero-order valence-electron chi connectivity index (χ0n) is 23.7. The Bertz CT molecular complexity index is 988. The molecule has 38 heavy (non-hydrogen) atoms. The molecule has 0 bridgehead atoms. The normalized spacial score (nSPS) is 42.2. The number of benzene rings is 1. The van der Waals surface area contributed by atoms with Crippen molar-refractivity contribution < 1.29 is 24.1 Å². The molecule has 1 aromatic rings. The summed E-state index contributed by atoms with van der Waals surface area (Å²) in [5.41, 5.74) is 1.17. The van der Waals surface area contributed by atoms with Crippen LogP contribution in [-0.4, -0.2) is 42.8 Å². The van der Waals surface area contributed by atoms with E-state index in [-0.39, 0.29) is 29.5 Å². The van der Waals surface area contributed by atoms with E-state index in [0.29, 0.717) is 54.3 Å². The SMILES string of the molecule is C[C@H](CCCO)[C@H]1CCC2C3C(CC[C@@]21C)[C@@]1(C)CCC2(C[C@@H]1C[C@H]3OC(=O)c1ccccc1)OCCO2. The van der Waals surface area contributed by atoms with Crippen LogP contribution in [0.1, 0.15) is 95.3 Å². The van der Waals surface area contributed by atoms with E-state index in [4.69, 9.17) is 14.2 Å². The van der Waals surface area contributed by atoms with Gasteiger partial charge in [0.05, 0.1) is 18.8 Å². The van der Waals surface area contributed by atoms with Gasteiger partial charge in [0.1, 0.15) is 6.10 Å². The van der Waals surface area contributed by atoms with Gasteiger partial charge in [0.2, 0.25) is 0 Å². The molecule has 3 unspecified atom stereocenters. The van der Waals surface area contributed by atoms with Crippen molar-refractivity contribution in [2.45, 2.75) is 96.9 Å². The average molecular weight is 525 g/mol. The maximum Gasteiger partial charge on any atom is 0.338 e. The molecule has 1 saturated heterocycles. The lowest BCUT2D eigenvalue weighted by Crippen LogP contribution is -2.60. The summed E-state index contributed by atoms with van der Waals surface area (Å²) >= 11 is 0. The summed E-state index contributed by atoms with van der Waals surface area (Å²) in [5.74, 6) is 2.72. The highest BCUT2D eigenvalue weighted by molar-refractivity contribution is 5.89. The molecule has 5 fully saturated rings. The second-order valence-electron chi connectivity index (χ2n) is 13.9. The summed E-state index contributed by atoms with van der Waals surface area (Å²) < 4.78 is 19.0. The number of aliphatic hydroxyl groups is 1. The van der Waals surface area contributed by atoms with Crippen molar-refractivity contribution in [3.05, 3.63) is 35.9 Å². The van der Waals surface area contributed by atoms with Crippen molar-refractivity contribution in [1.29, 1.82) is 0 Å². The fourth-order valence-electron chi connectivity index (χ4n) is 10.4. The molecule has 6 rings (SSSR count). The number of aliphatic hydroxyl groups excluding tert-OH is 1. The van der Waals surface area contributed by atoms with E-state index >= 15 is 0 Å². The Morgan fingerprint density at radius 3 is 2.50 bits per heavy atom. The van der Waals surface area contributed by atoms with E-state index in [1.54, 1.807) is 0 Å². The summed E-state index contributed by atoms with van der Waals surface area (Å²) in [7, 11) is 0. The number of rotatable bonds is 6. The van der Waals surface area contributed by atoms with Crippen LogP contribution < -0.4 is 0 Å². The molecule has 1 aliphatic heterocycles. The summed E-state index contributed by atoms with van der Waals surface area (Å²) in [4.78, 5) is 13.4. The van der Waals surface area contributed by atoms with Crippen LogP contribution in [0.25, 0.3) is 0 Å². The zero-order valence-corrected chi connectivity index (χ0v) is 23.7. The Balaban J connectivity index is 1.31. The highest BCUT2D eigenvalue weighted by Gasteiger charge is 2.65. The number of ether oxygens (including phenoxy) is 3.